The van der Waals surface area contributed by atoms with Gasteiger partial charge in [-0.3, -0.25) is 9.78 Å². The van der Waals surface area contributed by atoms with Crippen molar-refractivity contribution >= 4 is 29.2 Å². The molecule has 10 nitrogen and oxygen atoms in total. The monoisotopic (exact) mass is 534 g/mol. The molecule has 0 aromatic carbocycles. The minimum absolute atomic E-state index is 0.0272. The number of hydrogen-bond acceptors (Lipinski definition) is 9. The Labute approximate surface area is 229 Å². The van der Waals surface area contributed by atoms with Gasteiger partial charge in [-0.25, -0.2) is 9.97 Å². The molecule has 0 radical (unpaired) electrons. The second-order valence-electron chi connectivity index (χ2n) is 11.1. The molecule has 0 saturated carbocycles. The van der Waals surface area contributed by atoms with Gasteiger partial charge in [0.05, 0.1) is 24.4 Å². The molecule has 0 spiro atoms. The van der Waals surface area contributed by atoms with E-state index in [0.717, 1.165) is 63.4 Å². The van der Waals surface area contributed by atoms with Crippen LogP contribution in [0.5, 0.6) is 0 Å². The van der Waals surface area contributed by atoms with Gasteiger partial charge in [0.15, 0.2) is 11.6 Å². The van der Waals surface area contributed by atoms with Gasteiger partial charge in [0.25, 0.3) is 0 Å². The Hall–Kier alpha value is -3.82. The predicted octanol–water partition coefficient (Wildman–Crippen LogP) is 5.05. The lowest BCUT2D eigenvalue weighted by Gasteiger charge is -2.38. The second kappa shape index (κ2) is 11.5. The Morgan fingerprint density at radius 1 is 1.05 bits per heavy atom. The molecule has 1 atom stereocenters. The third-order valence-electron chi connectivity index (χ3n) is 8.10. The Bertz CT molecular complexity index is 1240. The predicted molar refractivity (Wildman–Crippen MR) is 150 cm³/mol. The molecule has 5 rings (SSSR count). The van der Waals surface area contributed by atoms with E-state index in [4.69, 9.17) is 14.7 Å². The molecule has 208 valence electrons. The summed E-state index contributed by atoms with van der Waals surface area (Å²) in [5.41, 5.74) is -0.723. The largest absolute Gasteiger partial charge is 0.508 e. The van der Waals surface area contributed by atoms with E-state index in [1.807, 2.05) is 44.2 Å². The number of ether oxygens (including phenoxy) is 1. The highest BCUT2D eigenvalue weighted by molar-refractivity contribution is 5.74. The van der Waals surface area contributed by atoms with Gasteiger partial charge in [-0.15, -0.1) is 0 Å². The van der Waals surface area contributed by atoms with E-state index in [-0.39, 0.29) is 12.0 Å². The number of nitrogens with zero attached hydrogens (tertiary/aromatic N) is 5. The molecule has 4 heterocycles. The maximum Gasteiger partial charge on any atom is 0.309 e. The maximum atomic E-state index is 11.7. The van der Waals surface area contributed by atoms with E-state index in [1.54, 1.807) is 12.4 Å². The van der Waals surface area contributed by atoms with Crippen molar-refractivity contribution in [3.8, 4) is 0 Å². The number of rotatable bonds is 8. The fourth-order valence-corrected chi connectivity index (χ4v) is 5.53. The Balaban J connectivity index is 1.21. The van der Waals surface area contributed by atoms with Crippen molar-refractivity contribution < 1.29 is 19.7 Å². The number of anilines is 4. The molecule has 10 heteroatoms. The van der Waals surface area contributed by atoms with E-state index >= 15 is 0 Å². The highest BCUT2D eigenvalue weighted by atomic mass is 16.5. The lowest BCUT2D eigenvalue weighted by atomic mass is 9.74. The number of aliphatic hydroxyl groups excluding tert-OH is 1. The number of aromatic nitrogens is 3. The maximum absolute atomic E-state index is 11.7. The van der Waals surface area contributed by atoms with Gasteiger partial charge >= 0.3 is 5.97 Å². The highest BCUT2D eigenvalue weighted by Gasteiger charge is 2.38. The van der Waals surface area contributed by atoms with Crippen molar-refractivity contribution in [1.29, 1.82) is 0 Å². The molecular weight excluding hydrogens is 496 g/mol. The molecule has 3 N–H and O–H groups in total. The van der Waals surface area contributed by atoms with E-state index < -0.39 is 11.4 Å². The fourth-order valence-electron chi connectivity index (χ4n) is 5.53. The van der Waals surface area contributed by atoms with Crippen LogP contribution in [0.25, 0.3) is 0 Å². The Morgan fingerprint density at radius 2 is 1.85 bits per heavy atom. The minimum atomic E-state index is -0.737. The third-order valence-corrected chi connectivity index (χ3v) is 8.10. The smallest absolute Gasteiger partial charge is 0.309 e. The molecule has 2 aromatic heterocycles. The van der Waals surface area contributed by atoms with Crippen LogP contribution in [0.2, 0.25) is 0 Å². The normalized spacial score (nSPS) is 20.7. The van der Waals surface area contributed by atoms with Gasteiger partial charge in [0.2, 0.25) is 0 Å². The van der Waals surface area contributed by atoms with E-state index in [2.05, 4.69) is 20.1 Å². The van der Waals surface area contributed by atoms with Crippen LogP contribution in [-0.2, 0) is 9.53 Å². The average Bonchev–Trinajstić information content (AvgIpc) is 2.95. The first-order valence-electron chi connectivity index (χ1n) is 13.8. The van der Waals surface area contributed by atoms with Crippen molar-refractivity contribution in [2.24, 2.45) is 11.3 Å². The van der Waals surface area contributed by atoms with Crippen LogP contribution in [0.3, 0.4) is 0 Å². The van der Waals surface area contributed by atoms with Crippen molar-refractivity contribution in [3.63, 3.8) is 0 Å². The number of aliphatic hydroxyl groups is 1. The van der Waals surface area contributed by atoms with Crippen LogP contribution >= 0.6 is 0 Å². The van der Waals surface area contributed by atoms with Crippen LogP contribution in [0.15, 0.2) is 54.3 Å². The van der Waals surface area contributed by atoms with E-state index in [0.29, 0.717) is 36.1 Å². The van der Waals surface area contributed by atoms with Gasteiger partial charge in [-0.2, -0.15) is 0 Å². The first-order valence-corrected chi connectivity index (χ1v) is 13.8. The van der Waals surface area contributed by atoms with Crippen LogP contribution in [0, 0.1) is 11.3 Å². The van der Waals surface area contributed by atoms with Crippen molar-refractivity contribution in [2.45, 2.75) is 58.5 Å². The van der Waals surface area contributed by atoms with E-state index in [9.17, 15) is 15.0 Å². The number of allylic oxidation sites excluding steroid dienone is 3. The van der Waals surface area contributed by atoms with Gasteiger partial charge in [-0.05, 0) is 70.1 Å². The third kappa shape index (κ3) is 6.26. The quantitative estimate of drug-likeness (QED) is 0.424. The molecule has 0 amide bonds. The summed E-state index contributed by atoms with van der Waals surface area (Å²) in [6.45, 7) is 6.72. The topological polar surface area (TPSA) is 124 Å². The number of aliphatic carboxylic acids is 1. The number of carbonyl (C=O) groups is 1. The van der Waals surface area contributed by atoms with Crippen molar-refractivity contribution in [2.75, 3.05) is 41.3 Å². The summed E-state index contributed by atoms with van der Waals surface area (Å²) in [6.07, 6.45) is 12.3. The first-order chi connectivity index (χ1) is 18.8. The van der Waals surface area contributed by atoms with Gasteiger partial charge in [0.1, 0.15) is 29.3 Å². The molecule has 2 aromatic rings. The zero-order chi connectivity index (χ0) is 27.4. The molecule has 39 heavy (non-hydrogen) atoms. The van der Waals surface area contributed by atoms with Crippen LogP contribution in [0.4, 0.5) is 23.3 Å². The number of carboxylic acid groups (broad SMARTS) is 1. The number of pyridine rings is 1. The standard InChI is InChI=1S/C29H38N6O4/c1-29(2,28(37)38)20-12-15-34(16-13-20)26-11-5-10-24(32-26)31-25-17-30-18-27(33-25)35-14-6-7-21(19-35)39-23-9-4-3-8-22(23)36/h4-5,9-11,17-18,20-21,36H,3,6-8,12-16,19H2,1-2H3,(H,37,38)(H,31,32,33). The molecule has 3 aliphatic rings. The van der Waals surface area contributed by atoms with Crippen LogP contribution < -0.4 is 15.1 Å². The van der Waals surface area contributed by atoms with Gasteiger partial charge in [-0.1, -0.05) is 12.1 Å². The molecule has 2 saturated heterocycles. The summed E-state index contributed by atoms with van der Waals surface area (Å²) in [5, 5.41) is 23.0. The highest BCUT2D eigenvalue weighted by Crippen LogP contribution is 2.36. The summed E-state index contributed by atoms with van der Waals surface area (Å²) >= 11 is 0. The number of piperidine rings is 2. The molecule has 2 aliphatic heterocycles. The zero-order valence-corrected chi connectivity index (χ0v) is 22.7. The van der Waals surface area contributed by atoms with Gasteiger partial charge in [0, 0.05) is 26.1 Å². The van der Waals surface area contributed by atoms with Crippen molar-refractivity contribution in [3.05, 3.63) is 54.3 Å². The summed E-state index contributed by atoms with van der Waals surface area (Å²) < 4.78 is 6.12. The first kappa shape index (κ1) is 26.8. The lowest BCUT2D eigenvalue weighted by Crippen LogP contribution is -2.42. The molecule has 1 aliphatic carbocycles. The summed E-state index contributed by atoms with van der Waals surface area (Å²) in [4.78, 5) is 30.0. The van der Waals surface area contributed by atoms with Crippen LogP contribution in [-0.4, -0.2) is 63.4 Å². The van der Waals surface area contributed by atoms with Crippen molar-refractivity contribution in [1.82, 2.24) is 15.0 Å². The molecule has 2 fully saturated rings. The Kier molecular flexibility index (Phi) is 7.90. The number of hydrogen-bond donors (Lipinski definition) is 3. The zero-order valence-electron chi connectivity index (χ0n) is 22.7. The van der Waals surface area contributed by atoms with Crippen LogP contribution in [0.1, 0.15) is 52.4 Å². The Morgan fingerprint density at radius 3 is 2.62 bits per heavy atom. The molecule has 0 bridgehead atoms. The fraction of sp³-hybridized carbons (Fsp3) is 0.517. The summed E-state index contributed by atoms with van der Waals surface area (Å²) in [6, 6.07) is 5.85. The SMILES string of the molecule is CC(C)(C(=O)O)C1CCN(c2cccc(Nc3cncc(N4CCCC(OC5=C(O)CCC=C5)C4)n3)n2)CC1. The minimum Gasteiger partial charge on any atom is -0.508 e. The molecular formula is C29H38N6O4. The summed E-state index contributed by atoms with van der Waals surface area (Å²) in [7, 11) is 0. The molecule has 1 unspecified atom stereocenters. The van der Waals surface area contributed by atoms with Gasteiger partial charge < -0.3 is 30.1 Å². The van der Waals surface area contributed by atoms with E-state index in [1.165, 1.54) is 0 Å². The second-order valence-corrected chi connectivity index (χ2v) is 11.1. The summed E-state index contributed by atoms with van der Waals surface area (Å²) in [5.74, 6) is 3.23. The average molecular weight is 535 g/mol. The lowest BCUT2D eigenvalue weighted by molar-refractivity contribution is -0.150. The number of nitrogens with one attached hydrogen (secondary N) is 1. The number of carboxylic acids is 1.